The molecule has 0 saturated carbocycles. The summed E-state index contributed by atoms with van der Waals surface area (Å²) >= 11 is 9.58. The number of halogens is 2. The van der Waals surface area contributed by atoms with Crippen LogP contribution in [0.2, 0.25) is 5.02 Å². The molecule has 0 radical (unpaired) electrons. The lowest BCUT2D eigenvalue weighted by molar-refractivity contribution is -0.139. The van der Waals surface area contributed by atoms with Crippen LogP contribution in [0.3, 0.4) is 0 Å². The van der Waals surface area contributed by atoms with Crippen LogP contribution in [0, 0.1) is 3.57 Å². The van der Waals surface area contributed by atoms with Gasteiger partial charge >= 0.3 is 5.97 Å². The third-order valence-corrected chi connectivity index (χ3v) is 8.93. The quantitative estimate of drug-likeness (QED) is 0.137. The van der Waals surface area contributed by atoms with Gasteiger partial charge in [-0.15, -0.1) is 0 Å². The highest BCUT2D eigenvalue weighted by atomic mass is 127. The molecule has 0 saturated heterocycles. The van der Waals surface area contributed by atoms with E-state index >= 15 is 0 Å². The van der Waals surface area contributed by atoms with Crippen molar-refractivity contribution >= 4 is 57.6 Å². The first-order chi connectivity index (χ1) is 21.6. The predicted molar refractivity (Wildman–Crippen MR) is 184 cm³/mol. The van der Waals surface area contributed by atoms with Gasteiger partial charge in [-0.2, -0.15) is 0 Å². The topological polar surface area (TPSA) is 88.4 Å². The molecular formula is C34H32ClIN2O6S. The fraction of sp³-hybridized carbons (Fsp3) is 0.265. The van der Waals surface area contributed by atoms with Gasteiger partial charge in [0.2, 0.25) is 0 Å². The monoisotopic (exact) mass is 758 g/mol. The Kier molecular flexibility index (Phi) is 10.4. The van der Waals surface area contributed by atoms with Crippen molar-refractivity contribution in [2.45, 2.75) is 46.4 Å². The van der Waals surface area contributed by atoms with Crippen LogP contribution in [-0.2, 0) is 16.1 Å². The van der Waals surface area contributed by atoms with E-state index in [4.69, 9.17) is 30.5 Å². The maximum atomic E-state index is 14.2. The fourth-order valence-electron chi connectivity index (χ4n) is 5.05. The molecule has 234 valence electrons. The Bertz CT molecular complexity index is 1970. The number of hydrogen-bond acceptors (Lipinski definition) is 8. The van der Waals surface area contributed by atoms with Gasteiger partial charge in [0, 0.05) is 10.6 Å². The summed E-state index contributed by atoms with van der Waals surface area (Å²) in [6.07, 6.45) is 1.68. The van der Waals surface area contributed by atoms with E-state index in [1.807, 2.05) is 74.5 Å². The van der Waals surface area contributed by atoms with Crippen LogP contribution in [0.1, 0.15) is 50.4 Å². The van der Waals surface area contributed by atoms with E-state index < -0.39 is 12.0 Å². The highest BCUT2D eigenvalue weighted by molar-refractivity contribution is 14.1. The van der Waals surface area contributed by atoms with Gasteiger partial charge in [0.25, 0.3) is 5.56 Å². The number of rotatable bonds is 10. The highest BCUT2D eigenvalue weighted by Gasteiger charge is 2.35. The number of benzene rings is 3. The van der Waals surface area contributed by atoms with E-state index in [9.17, 15) is 9.59 Å². The predicted octanol–water partition coefficient (Wildman–Crippen LogP) is 6.43. The van der Waals surface area contributed by atoms with Crippen molar-refractivity contribution in [1.29, 1.82) is 0 Å². The molecule has 0 N–H and O–H groups in total. The summed E-state index contributed by atoms with van der Waals surface area (Å²) in [5, 5.41) is 0.636. The molecule has 0 bridgehead atoms. The molecule has 0 spiro atoms. The van der Waals surface area contributed by atoms with Crippen LogP contribution in [0.25, 0.3) is 6.08 Å². The van der Waals surface area contributed by atoms with Crippen LogP contribution in [0.4, 0.5) is 0 Å². The van der Waals surface area contributed by atoms with E-state index in [1.165, 1.54) is 11.3 Å². The molecule has 3 aromatic carbocycles. The molecule has 0 aliphatic carbocycles. The zero-order valence-corrected chi connectivity index (χ0v) is 29.2. The second-order valence-corrected chi connectivity index (χ2v) is 13.1. The van der Waals surface area contributed by atoms with Crippen LogP contribution >= 0.6 is 45.5 Å². The van der Waals surface area contributed by atoms with Gasteiger partial charge in [-0.05, 0) is 97.8 Å². The summed E-state index contributed by atoms with van der Waals surface area (Å²) < 4.78 is 26.2. The van der Waals surface area contributed by atoms with Crippen molar-refractivity contribution in [3.05, 3.63) is 117 Å². The van der Waals surface area contributed by atoms with E-state index in [0.29, 0.717) is 55.0 Å². The van der Waals surface area contributed by atoms with Gasteiger partial charge in [-0.3, -0.25) is 9.36 Å². The summed E-state index contributed by atoms with van der Waals surface area (Å²) in [5.74, 6) is 1.18. The second kappa shape index (κ2) is 14.2. The first-order valence-corrected chi connectivity index (χ1v) is 16.6. The molecule has 0 fully saturated rings. The average molecular weight is 759 g/mol. The van der Waals surface area contributed by atoms with E-state index in [1.54, 1.807) is 31.6 Å². The van der Waals surface area contributed by atoms with Crippen molar-refractivity contribution in [1.82, 2.24) is 4.57 Å². The molecule has 1 aliphatic rings. The van der Waals surface area contributed by atoms with Crippen molar-refractivity contribution in [3.63, 3.8) is 0 Å². The smallest absolute Gasteiger partial charge is 0.338 e. The van der Waals surface area contributed by atoms with Crippen LogP contribution in [0.15, 0.2) is 81.7 Å². The lowest BCUT2D eigenvalue weighted by Gasteiger charge is -2.26. The number of para-hydroxylation sites is 1. The maximum absolute atomic E-state index is 14.2. The van der Waals surface area contributed by atoms with Gasteiger partial charge in [0.05, 0.1) is 39.2 Å². The van der Waals surface area contributed by atoms with Crippen LogP contribution < -0.4 is 29.1 Å². The highest BCUT2D eigenvalue weighted by Crippen LogP contribution is 2.37. The number of allylic oxidation sites excluding steroid dienone is 1. The van der Waals surface area contributed by atoms with Crippen molar-refractivity contribution in [2.24, 2.45) is 4.99 Å². The van der Waals surface area contributed by atoms with Crippen LogP contribution in [0.5, 0.6) is 17.2 Å². The number of aromatic nitrogens is 1. The Labute approximate surface area is 283 Å². The summed E-state index contributed by atoms with van der Waals surface area (Å²) in [4.78, 5) is 32.6. The number of carbonyl (C=O) groups is 1. The molecule has 5 rings (SSSR count). The second-order valence-electron chi connectivity index (χ2n) is 10.5. The minimum atomic E-state index is -0.783. The number of thiazole rings is 1. The molecule has 1 atom stereocenters. The Hall–Kier alpha value is -3.61. The molecule has 1 aliphatic heterocycles. The Morgan fingerprint density at radius 3 is 2.62 bits per heavy atom. The minimum absolute atomic E-state index is 0.118. The SMILES string of the molecule is CCOC(=O)C1=C(C)N=c2s/c(=C\c3cc(I)c(OCc4cccc(Cl)c4)c(OC)c3)c(=O)n2[C@H]1c1ccccc1OC(C)C. The lowest BCUT2D eigenvalue weighted by Crippen LogP contribution is -2.40. The molecule has 8 nitrogen and oxygen atoms in total. The number of methoxy groups -OCH3 is 1. The summed E-state index contributed by atoms with van der Waals surface area (Å²) in [6, 6.07) is 17.9. The van der Waals surface area contributed by atoms with Gasteiger partial charge in [0.1, 0.15) is 18.4 Å². The first kappa shape index (κ1) is 32.8. The standard InChI is InChI=1S/C34H32ClIN2O6S/c1-6-42-33(40)29-20(4)37-34-38(30(29)24-12-7-8-13-26(24)44-19(2)3)32(39)28(45-34)17-22-15-25(36)31(27(16-22)41-5)43-18-21-10-9-11-23(35)14-21/h7-17,19,30H,6,18H2,1-5H3/b28-17-/t30-/m0/s1. The first-order valence-electron chi connectivity index (χ1n) is 14.3. The van der Waals surface area contributed by atoms with Gasteiger partial charge in [-0.1, -0.05) is 53.3 Å². The number of esters is 1. The van der Waals surface area contributed by atoms with Gasteiger partial charge < -0.3 is 18.9 Å². The average Bonchev–Trinajstić information content (AvgIpc) is 3.29. The van der Waals surface area contributed by atoms with Crippen molar-refractivity contribution in [2.75, 3.05) is 13.7 Å². The molecule has 11 heteroatoms. The van der Waals surface area contributed by atoms with Crippen molar-refractivity contribution in [3.8, 4) is 17.2 Å². The number of fused-ring (bicyclic) bond motifs is 1. The zero-order chi connectivity index (χ0) is 32.2. The van der Waals surface area contributed by atoms with Gasteiger partial charge in [0.15, 0.2) is 16.3 Å². The zero-order valence-electron chi connectivity index (χ0n) is 25.4. The molecule has 45 heavy (non-hydrogen) atoms. The maximum Gasteiger partial charge on any atom is 0.338 e. The van der Waals surface area contributed by atoms with Crippen LogP contribution in [-0.4, -0.2) is 30.4 Å². The summed E-state index contributed by atoms with van der Waals surface area (Å²) in [7, 11) is 1.58. The number of ether oxygens (including phenoxy) is 4. The van der Waals surface area contributed by atoms with E-state index in [2.05, 4.69) is 27.6 Å². The summed E-state index contributed by atoms with van der Waals surface area (Å²) in [6.45, 7) is 7.87. The summed E-state index contributed by atoms with van der Waals surface area (Å²) in [5.41, 5.74) is 2.85. The largest absolute Gasteiger partial charge is 0.493 e. The number of carbonyl (C=O) groups excluding carboxylic acids is 1. The molecule has 4 aromatic rings. The van der Waals surface area contributed by atoms with E-state index in [-0.39, 0.29) is 18.3 Å². The molecular weight excluding hydrogens is 727 g/mol. The number of hydrogen-bond donors (Lipinski definition) is 0. The molecule has 2 heterocycles. The number of nitrogens with zero attached hydrogens (tertiary/aromatic N) is 2. The van der Waals surface area contributed by atoms with Gasteiger partial charge in [-0.25, -0.2) is 9.79 Å². The molecule has 0 unspecified atom stereocenters. The molecule has 0 amide bonds. The molecule has 1 aromatic heterocycles. The third-order valence-electron chi connectivity index (χ3n) is 6.92. The van der Waals surface area contributed by atoms with E-state index in [0.717, 1.165) is 14.7 Å². The lowest BCUT2D eigenvalue weighted by atomic mass is 9.95. The minimum Gasteiger partial charge on any atom is -0.493 e. The van der Waals surface area contributed by atoms with Crippen molar-refractivity contribution < 1.29 is 23.7 Å². The third kappa shape index (κ3) is 7.13. The Balaban J connectivity index is 1.60. The Morgan fingerprint density at radius 1 is 1.13 bits per heavy atom. The fourth-order valence-corrected chi connectivity index (χ4v) is 7.09. The Morgan fingerprint density at radius 2 is 1.91 bits per heavy atom. The normalized spacial score (nSPS) is 14.7.